The van der Waals surface area contributed by atoms with E-state index < -0.39 is 12.1 Å². The van der Waals surface area contributed by atoms with Crippen LogP contribution >= 0.6 is 0 Å². The molecule has 2 atom stereocenters. The average molecular weight is 410 g/mol. The number of guanidine groups is 1. The van der Waals surface area contributed by atoms with Crippen LogP contribution in [0.3, 0.4) is 0 Å². The van der Waals surface area contributed by atoms with E-state index in [4.69, 9.17) is 20.6 Å². The summed E-state index contributed by atoms with van der Waals surface area (Å²) >= 11 is 0. The van der Waals surface area contributed by atoms with Gasteiger partial charge in [-0.1, -0.05) is 18.2 Å². The van der Waals surface area contributed by atoms with Crippen molar-refractivity contribution in [3.05, 3.63) is 59.2 Å². The topological polar surface area (TPSA) is 121 Å². The van der Waals surface area contributed by atoms with Gasteiger partial charge in [-0.2, -0.15) is 0 Å². The first-order valence-corrected chi connectivity index (χ1v) is 10.1. The van der Waals surface area contributed by atoms with E-state index in [9.17, 15) is 9.90 Å². The maximum Gasteiger partial charge on any atom is 0.349 e. The predicted molar refractivity (Wildman–Crippen MR) is 112 cm³/mol. The van der Waals surface area contributed by atoms with E-state index in [1.54, 1.807) is 35.2 Å². The summed E-state index contributed by atoms with van der Waals surface area (Å²) in [6.45, 7) is 2.98. The maximum absolute atomic E-state index is 11.9. The van der Waals surface area contributed by atoms with E-state index in [-0.39, 0.29) is 12.1 Å². The Balaban J connectivity index is 1.48. The minimum absolute atomic E-state index is 0.0334. The third-order valence-corrected chi connectivity index (χ3v) is 5.51. The van der Waals surface area contributed by atoms with Crippen molar-refractivity contribution in [1.82, 2.24) is 10.2 Å². The second-order valence-corrected chi connectivity index (χ2v) is 7.63. The van der Waals surface area contributed by atoms with Crippen molar-refractivity contribution in [3.63, 3.8) is 0 Å². The summed E-state index contributed by atoms with van der Waals surface area (Å²) in [7, 11) is 0. The quantitative estimate of drug-likeness (QED) is 0.424. The Morgan fingerprint density at radius 2 is 1.97 bits per heavy atom. The number of carbonyl (C=O) groups is 1. The minimum atomic E-state index is -1.13. The van der Waals surface area contributed by atoms with Crippen LogP contribution < -0.4 is 20.5 Å². The standard InChI is InChI=1S/C22H26N4O4/c23-22(24)26-10-8-14-1-6-18(11-16(14)13-26)30-20(21(27)28)15-2-4-17(5-3-15)29-19-7-9-25-12-19/h1-6,11,19-20,25H,7-10,12-13H2,(H3,23,24)(H,27,28)/t19-,20?/m0/s1. The van der Waals surface area contributed by atoms with Gasteiger partial charge in [-0.3, -0.25) is 5.41 Å². The number of nitrogens with two attached hydrogens (primary N) is 1. The zero-order valence-electron chi connectivity index (χ0n) is 16.6. The first-order valence-electron chi connectivity index (χ1n) is 10.1. The van der Waals surface area contributed by atoms with Crippen LogP contribution in [0, 0.1) is 5.41 Å². The van der Waals surface area contributed by atoms with Gasteiger partial charge in [-0.05, 0) is 54.8 Å². The molecule has 8 nitrogen and oxygen atoms in total. The molecule has 0 aromatic heterocycles. The number of rotatable bonds is 6. The molecule has 0 amide bonds. The summed E-state index contributed by atoms with van der Waals surface area (Å²) in [4.78, 5) is 13.7. The molecule has 2 heterocycles. The van der Waals surface area contributed by atoms with Crippen molar-refractivity contribution >= 4 is 11.9 Å². The van der Waals surface area contributed by atoms with E-state index in [1.807, 2.05) is 12.1 Å². The molecule has 0 radical (unpaired) electrons. The molecule has 0 saturated carbocycles. The van der Waals surface area contributed by atoms with Gasteiger partial charge in [-0.25, -0.2) is 4.79 Å². The fourth-order valence-electron chi connectivity index (χ4n) is 3.85. The van der Waals surface area contributed by atoms with Crippen LogP contribution in [-0.4, -0.2) is 47.7 Å². The number of ether oxygens (including phenoxy) is 2. The van der Waals surface area contributed by atoms with Gasteiger partial charge in [0.25, 0.3) is 0 Å². The monoisotopic (exact) mass is 410 g/mol. The van der Waals surface area contributed by atoms with E-state index >= 15 is 0 Å². The van der Waals surface area contributed by atoms with Crippen LogP contribution in [0.15, 0.2) is 42.5 Å². The molecule has 8 heteroatoms. The Kier molecular flexibility index (Phi) is 5.76. The number of benzene rings is 2. The Morgan fingerprint density at radius 3 is 2.63 bits per heavy atom. The van der Waals surface area contributed by atoms with Crippen molar-refractivity contribution in [2.75, 3.05) is 19.6 Å². The van der Waals surface area contributed by atoms with E-state index in [2.05, 4.69) is 5.32 Å². The normalized spacial score (nSPS) is 19.1. The van der Waals surface area contributed by atoms with Gasteiger partial charge in [0.15, 0.2) is 5.96 Å². The minimum Gasteiger partial charge on any atom is -0.489 e. The lowest BCUT2D eigenvalue weighted by atomic mass is 9.99. The van der Waals surface area contributed by atoms with Gasteiger partial charge in [0.1, 0.15) is 17.6 Å². The zero-order chi connectivity index (χ0) is 21.1. The largest absolute Gasteiger partial charge is 0.489 e. The number of hydrogen-bond acceptors (Lipinski definition) is 5. The highest BCUT2D eigenvalue weighted by Crippen LogP contribution is 2.28. The third-order valence-electron chi connectivity index (χ3n) is 5.51. The summed E-state index contributed by atoms with van der Waals surface area (Å²) in [6.07, 6.45) is 0.766. The molecule has 30 heavy (non-hydrogen) atoms. The first kappa shape index (κ1) is 20.0. The summed E-state index contributed by atoms with van der Waals surface area (Å²) in [6, 6.07) is 12.6. The molecule has 158 valence electrons. The number of nitrogens with zero attached hydrogens (tertiary/aromatic N) is 1. The maximum atomic E-state index is 11.9. The Labute approximate surface area is 175 Å². The highest BCUT2D eigenvalue weighted by molar-refractivity contribution is 5.75. The third kappa shape index (κ3) is 4.49. The molecule has 2 aromatic carbocycles. The van der Waals surface area contributed by atoms with Gasteiger partial charge in [-0.15, -0.1) is 0 Å². The number of aliphatic carboxylic acids is 1. The van der Waals surface area contributed by atoms with Gasteiger partial charge < -0.3 is 30.5 Å². The summed E-state index contributed by atoms with van der Waals surface area (Å²) in [5, 5.41) is 20.6. The molecular formula is C22H26N4O4. The Morgan fingerprint density at radius 1 is 1.20 bits per heavy atom. The Bertz CT molecular complexity index is 925. The van der Waals surface area contributed by atoms with E-state index in [1.165, 1.54) is 0 Å². The number of carboxylic acid groups (broad SMARTS) is 1. The number of hydrogen-bond donors (Lipinski definition) is 4. The van der Waals surface area contributed by atoms with Crippen molar-refractivity contribution < 1.29 is 19.4 Å². The molecule has 2 aromatic rings. The second kappa shape index (κ2) is 8.62. The lowest BCUT2D eigenvalue weighted by molar-refractivity contribution is -0.145. The van der Waals surface area contributed by atoms with E-state index in [0.717, 1.165) is 42.8 Å². The number of nitrogens with one attached hydrogen (secondary N) is 2. The highest BCUT2D eigenvalue weighted by atomic mass is 16.5. The van der Waals surface area contributed by atoms with Crippen LogP contribution in [0.2, 0.25) is 0 Å². The van der Waals surface area contributed by atoms with Gasteiger partial charge in [0, 0.05) is 25.2 Å². The number of carboxylic acids is 1. The second-order valence-electron chi connectivity index (χ2n) is 7.63. The van der Waals surface area contributed by atoms with Crippen LogP contribution in [0.1, 0.15) is 29.2 Å². The molecular weight excluding hydrogens is 384 g/mol. The molecule has 0 bridgehead atoms. The SMILES string of the molecule is N=C(N)N1CCc2ccc(OC(C(=O)O)c3ccc(O[C@H]4CCNC4)cc3)cc2C1. The fraction of sp³-hybridized carbons (Fsp3) is 0.364. The highest BCUT2D eigenvalue weighted by Gasteiger charge is 2.24. The van der Waals surface area contributed by atoms with Gasteiger partial charge in [0.05, 0.1) is 0 Å². The van der Waals surface area contributed by atoms with Crippen LogP contribution in [0.5, 0.6) is 11.5 Å². The molecule has 0 aliphatic carbocycles. The number of fused-ring (bicyclic) bond motifs is 1. The lowest BCUT2D eigenvalue weighted by Crippen LogP contribution is -2.40. The summed E-state index contributed by atoms with van der Waals surface area (Å²) in [5.74, 6) is 0.163. The molecule has 2 aliphatic rings. The summed E-state index contributed by atoms with van der Waals surface area (Å²) in [5.41, 5.74) is 8.31. The van der Waals surface area contributed by atoms with Gasteiger partial charge >= 0.3 is 5.97 Å². The fourth-order valence-corrected chi connectivity index (χ4v) is 3.85. The smallest absolute Gasteiger partial charge is 0.349 e. The molecule has 5 N–H and O–H groups in total. The van der Waals surface area contributed by atoms with Crippen molar-refractivity contribution in [2.24, 2.45) is 5.73 Å². The molecule has 2 aliphatic heterocycles. The molecule has 0 spiro atoms. The van der Waals surface area contributed by atoms with Crippen molar-refractivity contribution in [2.45, 2.75) is 31.6 Å². The molecule has 1 saturated heterocycles. The lowest BCUT2D eigenvalue weighted by Gasteiger charge is -2.29. The molecule has 1 unspecified atom stereocenters. The zero-order valence-corrected chi connectivity index (χ0v) is 16.6. The Hall–Kier alpha value is -3.26. The molecule has 1 fully saturated rings. The van der Waals surface area contributed by atoms with Crippen LogP contribution in [0.4, 0.5) is 0 Å². The van der Waals surface area contributed by atoms with Crippen molar-refractivity contribution in [1.29, 1.82) is 5.41 Å². The van der Waals surface area contributed by atoms with Crippen LogP contribution in [-0.2, 0) is 17.8 Å². The first-order chi connectivity index (χ1) is 14.5. The summed E-state index contributed by atoms with van der Waals surface area (Å²) < 4.78 is 11.7. The van der Waals surface area contributed by atoms with Crippen LogP contribution in [0.25, 0.3) is 0 Å². The average Bonchev–Trinajstić information content (AvgIpc) is 3.25. The van der Waals surface area contributed by atoms with Crippen molar-refractivity contribution in [3.8, 4) is 11.5 Å². The van der Waals surface area contributed by atoms with E-state index in [0.29, 0.717) is 24.4 Å². The van der Waals surface area contributed by atoms with Gasteiger partial charge in [0.2, 0.25) is 6.10 Å². The predicted octanol–water partition coefficient (Wildman–Crippen LogP) is 1.88. The molecule has 4 rings (SSSR count).